The highest BCUT2D eigenvalue weighted by molar-refractivity contribution is 6.31. The maximum Gasteiger partial charge on any atom is 0.257 e. The Morgan fingerprint density at radius 2 is 2.00 bits per heavy atom. The normalized spacial score (nSPS) is 13.9. The minimum Gasteiger partial charge on any atom is -0.379 e. The van der Waals surface area contributed by atoms with Gasteiger partial charge in [-0.25, -0.2) is 8.78 Å². The number of hydrogen-bond acceptors (Lipinski definition) is 4. The first kappa shape index (κ1) is 17.7. The first-order valence-electron chi connectivity index (χ1n) is 8.60. The van der Waals surface area contributed by atoms with E-state index in [-0.39, 0.29) is 5.91 Å². The number of benzene rings is 2. The lowest BCUT2D eigenvalue weighted by Crippen LogP contribution is -2.05. The van der Waals surface area contributed by atoms with Gasteiger partial charge in [0.1, 0.15) is 11.6 Å². The molecule has 140 valence electrons. The first-order chi connectivity index (χ1) is 13.6. The van der Waals surface area contributed by atoms with Crippen LogP contribution in [0.2, 0.25) is 0 Å². The fourth-order valence-corrected chi connectivity index (χ4v) is 2.91. The van der Waals surface area contributed by atoms with Crippen LogP contribution >= 0.6 is 0 Å². The molecule has 0 bridgehead atoms. The van der Waals surface area contributed by atoms with Gasteiger partial charge in [0, 0.05) is 36.4 Å². The summed E-state index contributed by atoms with van der Waals surface area (Å²) in [6.45, 7) is 0.453. The van der Waals surface area contributed by atoms with Gasteiger partial charge in [-0.05, 0) is 48.0 Å². The Labute approximate surface area is 160 Å². The minimum absolute atomic E-state index is 0.344. The minimum atomic E-state index is -0.426. The molecule has 1 amide bonds. The number of halogens is 2. The van der Waals surface area contributed by atoms with E-state index in [1.54, 1.807) is 24.5 Å². The summed E-state index contributed by atoms with van der Waals surface area (Å²) >= 11 is 0. The summed E-state index contributed by atoms with van der Waals surface area (Å²) in [6, 6.07) is 12.4. The molecule has 5 nitrogen and oxygen atoms in total. The van der Waals surface area contributed by atoms with Gasteiger partial charge in [0.2, 0.25) is 0 Å². The molecule has 1 aliphatic rings. The molecule has 0 fully saturated rings. The van der Waals surface area contributed by atoms with Gasteiger partial charge >= 0.3 is 0 Å². The highest BCUT2D eigenvalue weighted by atomic mass is 19.1. The first-order valence-corrected chi connectivity index (χ1v) is 8.60. The number of hydrogen-bond donors (Lipinski definition) is 3. The zero-order chi connectivity index (χ0) is 19.5. The van der Waals surface area contributed by atoms with Crippen molar-refractivity contribution in [1.29, 1.82) is 0 Å². The lowest BCUT2D eigenvalue weighted by Gasteiger charge is -2.09. The molecule has 4 rings (SSSR count). The highest BCUT2D eigenvalue weighted by Crippen LogP contribution is 2.32. The van der Waals surface area contributed by atoms with Crippen LogP contribution in [-0.4, -0.2) is 10.9 Å². The topological polar surface area (TPSA) is 66.1 Å². The Bertz CT molecular complexity index is 1070. The lowest BCUT2D eigenvalue weighted by molar-refractivity contribution is -0.110. The van der Waals surface area contributed by atoms with Crippen LogP contribution in [0.5, 0.6) is 0 Å². The smallest absolute Gasteiger partial charge is 0.257 e. The van der Waals surface area contributed by atoms with Crippen molar-refractivity contribution >= 4 is 28.5 Å². The van der Waals surface area contributed by atoms with Crippen molar-refractivity contribution in [2.24, 2.45) is 0 Å². The van der Waals surface area contributed by atoms with Crippen molar-refractivity contribution in [2.45, 2.75) is 6.54 Å². The monoisotopic (exact) mass is 378 g/mol. The summed E-state index contributed by atoms with van der Waals surface area (Å²) in [6.07, 6.45) is 4.87. The summed E-state index contributed by atoms with van der Waals surface area (Å²) in [5.74, 6) is -1.20. The predicted molar refractivity (Wildman–Crippen MR) is 105 cm³/mol. The summed E-state index contributed by atoms with van der Waals surface area (Å²) in [5, 5.41) is 8.54. The van der Waals surface area contributed by atoms with Crippen LogP contribution in [0.25, 0.3) is 5.57 Å². The molecule has 7 heteroatoms. The van der Waals surface area contributed by atoms with E-state index in [2.05, 4.69) is 20.9 Å². The molecule has 0 unspecified atom stereocenters. The number of carbonyl (C=O) groups is 1. The third-order valence-corrected chi connectivity index (χ3v) is 4.32. The van der Waals surface area contributed by atoms with Gasteiger partial charge in [0.15, 0.2) is 0 Å². The average Bonchev–Trinajstić information content (AvgIpc) is 3.00. The van der Waals surface area contributed by atoms with Gasteiger partial charge < -0.3 is 16.0 Å². The van der Waals surface area contributed by atoms with Crippen molar-refractivity contribution in [2.75, 3.05) is 16.0 Å². The fourth-order valence-electron chi connectivity index (χ4n) is 2.91. The number of nitrogens with zero attached hydrogens (tertiary/aromatic N) is 1. The number of amides is 1. The van der Waals surface area contributed by atoms with Crippen LogP contribution in [0.3, 0.4) is 0 Å². The molecule has 0 spiro atoms. The lowest BCUT2D eigenvalue weighted by atomic mass is 10.1. The largest absolute Gasteiger partial charge is 0.379 e. The molecule has 1 aliphatic heterocycles. The van der Waals surface area contributed by atoms with E-state index >= 15 is 0 Å². The van der Waals surface area contributed by atoms with Crippen molar-refractivity contribution in [3.05, 3.63) is 89.9 Å². The Balaban J connectivity index is 1.47. The van der Waals surface area contributed by atoms with E-state index in [0.29, 0.717) is 34.7 Å². The van der Waals surface area contributed by atoms with Crippen LogP contribution in [0.1, 0.15) is 11.1 Å². The second-order valence-electron chi connectivity index (χ2n) is 6.26. The maximum atomic E-state index is 14.4. The summed E-state index contributed by atoms with van der Waals surface area (Å²) < 4.78 is 27.6. The standard InChI is InChI=1S/C21H16F2N4O/c22-14-3-5-16-17(21(28)27-20(16)8-14)12-25-15-4-6-19(18(23)9-15)26-11-13-2-1-7-24-10-13/h1-10,12,25-26H,11H2,(H,27,28). The van der Waals surface area contributed by atoms with Crippen LogP contribution < -0.4 is 16.0 Å². The number of aromatic nitrogens is 1. The molecule has 2 aromatic carbocycles. The Morgan fingerprint density at radius 1 is 1.11 bits per heavy atom. The van der Waals surface area contributed by atoms with E-state index in [1.165, 1.54) is 30.5 Å². The van der Waals surface area contributed by atoms with E-state index in [1.807, 2.05) is 12.1 Å². The Hall–Kier alpha value is -3.74. The number of fused-ring (bicyclic) bond motifs is 1. The van der Waals surface area contributed by atoms with Gasteiger partial charge in [-0.2, -0.15) is 0 Å². The SMILES string of the molecule is O=C1Nc2cc(F)ccc2C1=CNc1ccc(NCc2cccnc2)c(F)c1. The van der Waals surface area contributed by atoms with E-state index < -0.39 is 11.6 Å². The van der Waals surface area contributed by atoms with E-state index in [0.717, 1.165) is 5.56 Å². The van der Waals surface area contributed by atoms with Gasteiger partial charge in [0.25, 0.3) is 5.91 Å². The molecule has 28 heavy (non-hydrogen) atoms. The third-order valence-electron chi connectivity index (χ3n) is 4.32. The number of nitrogens with one attached hydrogen (secondary N) is 3. The molecule has 2 heterocycles. The number of rotatable bonds is 5. The van der Waals surface area contributed by atoms with Crippen LogP contribution in [0.15, 0.2) is 67.1 Å². The predicted octanol–water partition coefficient (Wildman–Crippen LogP) is 4.38. The van der Waals surface area contributed by atoms with Crippen molar-refractivity contribution < 1.29 is 13.6 Å². The molecule has 1 aromatic heterocycles. The maximum absolute atomic E-state index is 14.4. The molecule has 0 aliphatic carbocycles. The third kappa shape index (κ3) is 3.68. The summed E-state index contributed by atoms with van der Waals surface area (Å²) in [7, 11) is 0. The van der Waals surface area contributed by atoms with Gasteiger partial charge in [-0.1, -0.05) is 6.07 Å². The molecular formula is C21H16F2N4O. The Morgan fingerprint density at radius 3 is 2.79 bits per heavy atom. The number of carbonyl (C=O) groups excluding carboxylic acids is 1. The van der Waals surface area contributed by atoms with Crippen molar-refractivity contribution in [3.63, 3.8) is 0 Å². The van der Waals surface area contributed by atoms with Gasteiger partial charge in [-0.15, -0.1) is 0 Å². The van der Waals surface area contributed by atoms with E-state index in [4.69, 9.17) is 0 Å². The quantitative estimate of drug-likeness (QED) is 0.577. The second-order valence-corrected chi connectivity index (χ2v) is 6.26. The summed E-state index contributed by atoms with van der Waals surface area (Å²) in [5.41, 5.74) is 3.15. The fraction of sp³-hybridized carbons (Fsp3) is 0.0476. The molecule has 3 N–H and O–H groups in total. The molecule has 3 aromatic rings. The van der Waals surface area contributed by atoms with Crippen molar-refractivity contribution in [3.8, 4) is 0 Å². The van der Waals surface area contributed by atoms with Crippen LogP contribution in [0.4, 0.5) is 25.8 Å². The number of anilines is 3. The second kappa shape index (κ2) is 7.48. The van der Waals surface area contributed by atoms with Gasteiger partial charge in [-0.3, -0.25) is 9.78 Å². The molecule has 0 saturated carbocycles. The highest BCUT2D eigenvalue weighted by Gasteiger charge is 2.24. The van der Waals surface area contributed by atoms with Crippen LogP contribution in [0, 0.1) is 11.6 Å². The molecular weight excluding hydrogens is 362 g/mol. The molecule has 0 atom stereocenters. The Kier molecular flexibility index (Phi) is 4.72. The molecule has 0 saturated heterocycles. The van der Waals surface area contributed by atoms with Crippen molar-refractivity contribution in [1.82, 2.24) is 4.98 Å². The zero-order valence-electron chi connectivity index (χ0n) is 14.7. The van der Waals surface area contributed by atoms with Crippen LogP contribution in [-0.2, 0) is 11.3 Å². The van der Waals surface area contributed by atoms with E-state index in [9.17, 15) is 13.6 Å². The molecule has 0 radical (unpaired) electrons. The van der Waals surface area contributed by atoms with Gasteiger partial charge in [0.05, 0.1) is 16.9 Å². The zero-order valence-corrected chi connectivity index (χ0v) is 14.7. The number of pyridine rings is 1. The summed E-state index contributed by atoms with van der Waals surface area (Å²) in [4.78, 5) is 16.1. The average molecular weight is 378 g/mol.